The zero-order valence-electron chi connectivity index (χ0n) is 7.45. The summed E-state index contributed by atoms with van der Waals surface area (Å²) in [5.74, 6) is 0.824. The van der Waals surface area contributed by atoms with Gasteiger partial charge in [0.2, 0.25) is 0 Å². The minimum atomic E-state index is -4.10. The quantitative estimate of drug-likeness (QED) is 0.662. The first-order valence-electron chi connectivity index (χ1n) is 4.04. The van der Waals surface area contributed by atoms with Crippen LogP contribution < -0.4 is 5.73 Å². The normalized spacial score (nSPS) is 14.5. The van der Waals surface area contributed by atoms with Crippen molar-refractivity contribution in [3.05, 3.63) is 47.8 Å². The molecular weight excluding hydrogens is 201 g/mol. The third-order valence-corrected chi connectivity index (χ3v) is 2.23. The van der Waals surface area contributed by atoms with Crippen LogP contribution in [-0.2, 0) is 4.57 Å². The number of nitrogens with two attached hydrogens (primary N) is 1. The van der Waals surface area contributed by atoms with Gasteiger partial charge in [-0.2, -0.15) is 0 Å². The highest BCUT2D eigenvalue weighted by atomic mass is 31.2. The summed E-state index contributed by atoms with van der Waals surface area (Å²) >= 11 is 0. The molecule has 14 heavy (non-hydrogen) atoms. The summed E-state index contributed by atoms with van der Waals surface area (Å²) in [5.41, 5.74) is 6.49. The monoisotopic (exact) mass is 213 g/mol. The molecular formula is C9H12NO3P. The summed E-state index contributed by atoms with van der Waals surface area (Å²) in [6.07, 6.45) is 1.30. The molecule has 0 radical (unpaired) electrons. The topological polar surface area (TPSA) is 83.6 Å². The second kappa shape index (κ2) is 4.53. The fraction of sp³-hybridized carbons (Fsp3) is 0.111. The molecule has 0 amide bonds. The van der Waals surface area contributed by atoms with Gasteiger partial charge in [-0.25, -0.2) is 0 Å². The van der Waals surface area contributed by atoms with Crippen molar-refractivity contribution in [1.82, 2.24) is 0 Å². The molecule has 4 N–H and O–H groups in total. The lowest BCUT2D eigenvalue weighted by Gasteiger charge is -2.06. The number of hydrogen-bond donors (Lipinski definition) is 3. The molecule has 0 bridgehead atoms. The predicted octanol–water partition coefficient (Wildman–Crippen LogP) is 1.38. The van der Waals surface area contributed by atoms with Gasteiger partial charge in [0.15, 0.2) is 0 Å². The van der Waals surface area contributed by atoms with E-state index in [0.717, 1.165) is 11.4 Å². The summed E-state index contributed by atoms with van der Waals surface area (Å²) in [5, 5.41) is 0. The summed E-state index contributed by atoms with van der Waals surface area (Å²) in [7, 11) is -4.10. The molecule has 1 aromatic rings. The first-order valence-corrected chi connectivity index (χ1v) is 5.72. The molecule has 0 aliphatic heterocycles. The van der Waals surface area contributed by atoms with Crippen LogP contribution in [0.15, 0.2) is 42.2 Å². The van der Waals surface area contributed by atoms with Crippen molar-refractivity contribution in [2.45, 2.75) is 6.04 Å². The fourth-order valence-electron chi connectivity index (χ4n) is 0.991. The van der Waals surface area contributed by atoms with Crippen LogP contribution in [0.1, 0.15) is 11.6 Å². The zero-order valence-corrected chi connectivity index (χ0v) is 8.34. The largest absolute Gasteiger partial charge is 0.348 e. The van der Waals surface area contributed by atoms with E-state index in [-0.39, 0.29) is 0 Å². The van der Waals surface area contributed by atoms with Gasteiger partial charge in [0.05, 0.1) is 0 Å². The van der Waals surface area contributed by atoms with E-state index >= 15 is 0 Å². The Morgan fingerprint density at radius 3 is 2.36 bits per heavy atom. The maximum Gasteiger partial charge on any atom is 0.348 e. The molecule has 4 nitrogen and oxygen atoms in total. The van der Waals surface area contributed by atoms with Crippen LogP contribution in [0.4, 0.5) is 0 Å². The third-order valence-electron chi connectivity index (χ3n) is 1.67. The molecule has 1 atom stereocenters. The van der Waals surface area contributed by atoms with E-state index in [1.807, 2.05) is 18.2 Å². The SMILES string of the molecule is NC(/C=C/P(=O)(O)O)c1ccccc1. The van der Waals surface area contributed by atoms with Crippen LogP contribution in [0.25, 0.3) is 0 Å². The smallest absolute Gasteiger partial charge is 0.321 e. The van der Waals surface area contributed by atoms with Crippen LogP contribution in [-0.4, -0.2) is 9.79 Å². The Kier molecular flexibility index (Phi) is 3.61. The number of rotatable bonds is 3. The van der Waals surface area contributed by atoms with Gasteiger partial charge in [-0.1, -0.05) is 36.4 Å². The zero-order chi connectivity index (χ0) is 10.6. The summed E-state index contributed by atoms with van der Waals surface area (Å²) in [6, 6.07) is 8.61. The van der Waals surface area contributed by atoms with Crippen molar-refractivity contribution < 1.29 is 14.4 Å². The molecule has 1 aromatic carbocycles. The molecule has 1 unspecified atom stereocenters. The summed E-state index contributed by atoms with van der Waals surface area (Å²) in [6.45, 7) is 0. The van der Waals surface area contributed by atoms with E-state index in [1.165, 1.54) is 6.08 Å². The minimum Gasteiger partial charge on any atom is -0.321 e. The van der Waals surface area contributed by atoms with Gasteiger partial charge in [-0.3, -0.25) is 4.57 Å². The number of benzene rings is 1. The first-order chi connectivity index (χ1) is 6.49. The van der Waals surface area contributed by atoms with E-state index in [0.29, 0.717) is 0 Å². The van der Waals surface area contributed by atoms with Gasteiger partial charge in [-0.05, 0) is 5.56 Å². The molecule has 0 fully saturated rings. The Labute approximate surface area is 82.2 Å². The average molecular weight is 213 g/mol. The molecule has 76 valence electrons. The van der Waals surface area contributed by atoms with Crippen LogP contribution in [0.3, 0.4) is 0 Å². The molecule has 0 aliphatic rings. The van der Waals surface area contributed by atoms with Crippen LogP contribution in [0, 0.1) is 0 Å². The Bertz CT molecular complexity index is 358. The van der Waals surface area contributed by atoms with E-state index in [4.69, 9.17) is 15.5 Å². The maximum atomic E-state index is 10.5. The highest BCUT2D eigenvalue weighted by Crippen LogP contribution is 2.36. The Balaban J connectivity index is 2.73. The Morgan fingerprint density at radius 1 is 1.29 bits per heavy atom. The molecule has 0 aliphatic carbocycles. The lowest BCUT2D eigenvalue weighted by molar-refractivity contribution is 0.386. The van der Waals surface area contributed by atoms with Gasteiger partial charge < -0.3 is 15.5 Å². The second-order valence-electron chi connectivity index (χ2n) is 2.87. The minimum absolute atomic E-state index is 0.483. The van der Waals surface area contributed by atoms with Gasteiger partial charge in [-0.15, -0.1) is 0 Å². The Morgan fingerprint density at radius 2 is 1.86 bits per heavy atom. The van der Waals surface area contributed by atoms with Crippen LogP contribution in [0.2, 0.25) is 0 Å². The molecule has 0 heterocycles. The fourth-order valence-corrected chi connectivity index (χ4v) is 1.40. The lowest BCUT2D eigenvalue weighted by Crippen LogP contribution is -2.06. The highest BCUT2D eigenvalue weighted by molar-refractivity contribution is 7.55. The van der Waals surface area contributed by atoms with Crippen molar-refractivity contribution in [2.75, 3.05) is 0 Å². The van der Waals surface area contributed by atoms with Gasteiger partial charge >= 0.3 is 7.60 Å². The lowest BCUT2D eigenvalue weighted by atomic mass is 10.1. The van der Waals surface area contributed by atoms with Crippen molar-refractivity contribution in [3.8, 4) is 0 Å². The molecule has 0 aromatic heterocycles. The molecule has 0 saturated heterocycles. The van der Waals surface area contributed by atoms with Gasteiger partial charge in [0, 0.05) is 11.9 Å². The van der Waals surface area contributed by atoms with Crippen molar-refractivity contribution >= 4 is 7.60 Å². The first kappa shape index (κ1) is 11.1. The third kappa shape index (κ3) is 3.85. The molecule has 0 saturated carbocycles. The Hall–Kier alpha value is -0.930. The standard InChI is InChI=1S/C9H12NO3P/c10-9(6-7-14(11,12)13)8-4-2-1-3-5-8/h1-7,9H,10H2,(H2,11,12,13)/b7-6+. The van der Waals surface area contributed by atoms with Crippen molar-refractivity contribution in [3.63, 3.8) is 0 Å². The average Bonchev–Trinajstić information content (AvgIpc) is 2.14. The van der Waals surface area contributed by atoms with Crippen LogP contribution >= 0.6 is 7.60 Å². The molecule has 1 rings (SSSR count). The second-order valence-corrected chi connectivity index (χ2v) is 4.34. The van der Waals surface area contributed by atoms with Crippen molar-refractivity contribution in [2.24, 2.45) is 5.73 Å². The van der Waals surface area contributed by atoms with E-state index < -0.39 is 13.6 Å². The van der Waals surface area contributed by atoms with Gasteiger partial charge in [0.1, 0.15) is 0 Å². The summed E-state index contributed by atoms with van der Waals surface area (Å²) in [4.78, 5) is 17.2. The van der Waals surface area contributed by atoms with E-state index in [9.17, 15) is 4.57 Å². The van der Waals surface area contributed by atoms with E-state index in [1.54, 1.807) is 12.1 Å². The predicted molar refractivity (Wildman–Crippen MR) is 54.6 cm³/mol. The highest BCUT2D eigenvalue weighted by Gasteiger charge is 2.07. The molecule has 5 heteroatoms. The molecule has 0 spiro atoms. The van der Waals surface area contributed by atoms with E-state index in [2.05, 4.69) is 0 Å². The maximum absolute atomic E-state index is 10.5. The van der Waals surface area contributed by atoms with Gasteiger partial charge in [0.25, 0.3) is 0 Å². The summed E-state index contributed by atoms with van der Waals surface area (Å²) < 4.78 is 10.5. The van der Waals surface area contributed by atoms with Crippen LogP contribution in [0.5, 0.6) is 0 Å². The number of hydrogen-bond acceptors (Lipinski definition) is 2. The van der Waals surface area contributed by atoms with Crippen molar-refractivity contribution in [1.29, 1.82) is 0 Å².